The average molecular weight is 446 g/mol. The molecule has 0 aliphatic rings. The minimum atomic E-state index is -0.674. The fraction of sp³-hybridized carbons (Fsp3) is 0.0909. The standard InChI is InChI=1S/C22H18ClF2N3OS/c23-18-7-9-21(29-13-16-6-8-19(24)11-20(16)25)17(10-18)12-27-28-22(26)30-14-15-4-2-1-3-5-15/h1-12H,13-14H2,(H2,26,28). The number of nitrogens with zero attached hydrogens (tertiary/aromatic N) is 2. The van der Waals surface area contributed by atoms with E-state index in [1.165, 1.54) is 30.1 Å². The summed E-state index contributed by atoms with van der Waals surface area (Å²) in [6.07, 6.45) is 1.46. The number of benzene rings is 3. The van der Waals surface area contributed by atoms with Gasteiger partial charge in [0.25, 0.3) is 0 Å². The van der Waals surface area contributed by atoms with E-state index in [2.05, 4.69) is 10.2 Å². The second kappa shape index (κ2) is 10.8. The Bertz CT molecular complexity index is 1060. The minimum Gasteiger partial charge on any atom is -0.488 e. The molecule has 0 fully saturated rings. The molecule has 0 aliphatic carbocycles. The lowest BCUT2D eigenvalue weighted by Gasteiger charge is -2.10. The van der Waals surface area contributed by atoms with E-state index in [-0.39, 0.29) is 12.2 Å². The zero-order chi connectivity index (χ0) is 21.3. The molecule has 30 heavy (non-hydrogen) atoms. The van der Waals surface area contributed by atoms with Gasteiger partial charge in [0, 0.05) is 28.0 Å². The second-order valence-electron chi connectivity index (χ2n) is 6.16. The molecule has 0 atom stereocenters. The van der Waals surface area contributed by atoms with Crippen molar-refractivity contribution in [2.24, 2.45) is 15.9 Å². The van der Waals surface area contributed by atoms with Gasteiger partial charge in [-0.1, -0.05) is 53.7 Å². The summed E-state index contributed by atoms with van der Waals surface area (Å²) in [5.74, 6) is -0.207. The van der Waals surface area contributed by atoms with Crippen LogP contribution in [-0.4, -0.2) is 11.4 Å². The molecular weight excluding hydrogens is 428 g/mol. The van der Waals surface area contributed by atoms with E-state index in [1.807, 2.05) is 30.3 Å². The fourth-order valence-electron chi connectivity index (χ4n) is 2.45. The van der Waals surface area contributed by atoms with Crippen LogP contribution in [0.4, 0.5) is 8.78 Å². The third-order valence-electron chi connectivity index (χ3n) is 3.95. The maximum absolute atomic E-state index is 13.8. The number of ether oxygens (including phenoxy) is 1. The number of rotatable bonds is 7. The number of hydrogen-bond acceptors (Lipinski definition) is 4. The van der Waals surface area contributed by atoms with Crippen LogP contribution in [0.25, 0.3) is 0 Å². The third-order valence-corrected chi connectivity index (χ3v) is 5.04. The van der Waals surface area contributed by atoms with Gasteiger partial charge in [-0.15, -0.1) is 5.10 Å². The zero-order valence-corrected chi connectivity index (χ0v) is 17.3. The smallest absolute Gasteiger partial charge is 0.180 e. The molecule has 3 aromatic carbocycles. The normalized spacial score (nSPS) is 11.8. The van der Waals surface area contributed by atoms with Crippen LogP contribution in [0, 0.1) is 11.6 Å². The number of hydrogen-bond donors (Lipinski definition) is 1. The summed E-state index contributed by atoms with van der Waals surface area (Å²) < 4.78 is 32.5. The van der Waals surface area contributed by atoms with Crippen LogP contribution in [0.1, 0.15) is 16.7 Å². The van der Waals surface area contributed by atoms with Crippen LogP contribution in [0.3, 0.4) is 0 Å². The molecule has 0 unspecified atom stereocenters. The third kappa shape index (κ3) is 6.57. The summed E-state index contributed by atoms with van der Waals surface area (Å²) >= 11 is 7.42. The molecule has 0 heterocycles. The number of amidine groups is 1. The van der Waals surface area contributed by atoms with Gasteiger partial charge >= 0.3 is 0 Å². The van der Waals surface area contributed by atoms with Crippen molar-refractivity contribution < 1.29 is 13.5 Å². The van der Waals surface area contributed by atoms with Crippen molar-refractivity contribution in [1.29, 1.82) is 0 Å². The first-order valence-corrected chi connectivity index (χ1v) is 10.3. The van der Waals surface area contributed by atoms with Crippen molar-refractivity contribution >= 4 is 34.7 Å². The summed E-state index contributed by atoms with van der Waals surface area (Å²) in [5, 5.41) is 8.76. The highest BCUT2D eigenvalue weighted by atomic mass is 35.5. The number of thioether (sulfide) groups is 1. The Morgan fingerprint density at radius 1 is 1.07 bits per heavy atom. The summed E-state index contributed by atoms with van der Waals surface area (Å²) in [7, 11) is 0. The summed E-state index contributed by atoms with van der Waals surface area (Å²) in [4.78, 5) is 0. The van der Waals surface area contributed by atoms with Gasteiger partial charge in [0.15, 0.2) is 5.17 Å². The number of halogens is 3. The Labute approximate surface area is 182 Å². The lowest BCUT2D eigenvalue weighted by Crippen LogP contribution is -2.06. The Balaban J connectivity index is 1.65. The lowest BCUT2D eigenvalue weighted by atomic mass is 10.2. The molecule has 3 aromatic rings. The van der Waals surface area contributed by atoms with Gasteiger partial charge in [-0.2, -0.15) is 5.10 Å². The van der Waals surface area contributed by atoms with Gasteiger partial charge in [0.05, 0.1) is 6.21 Å². The molecular formula is C22H18ClF2N3OS. The topological polar surface area (TPSA) is 60.0 Å². The summed E-state index contributed by atoms with van der Waals surface area (Å²) in [6, 6.07) is 18.1. The maximum Gasteiger partial charge on any atom is 0.180 e. The summed E-state index contributed by atoms with van der Waals surface area (Å²) in [6.45, 7) is -0.0765. The van der Waals surface area contributed by atoms with Crippen LogP contribution < -0.4 is 10.5 Å². The Hall–Kier alpha value is -2.90. The minimum absolute atomic E-state index is 0.0765. The van der Waals surface area contributed by atoms with Crippen LogP contribution in [0.2, 0.25) is 5.02 Å². The van der Waals surface area contributed by atoms with Crippen LogP contribution in [-0.2, 0) is 12.4 Å². The molecule has 0 aliphatic heterocycles. The van der Waals surface area contributed by atoms with Gasteiger partial charge < -0.3 is 10.5 Å². The molecule has 0 amide bonds. The lowest BCUT2D eigenvalue weighted by molar-refractivity contribution is 0.299. The summed E-state index contributed by atoms with van der Waals surface area (Å²) in [5.41, 5.74) is 7.80. The van der Waals surface area contributed by atoms with E-state index in [4.69, 9.17) is 22.1 Å². The fourth-order valence-corrected chi connectivity index (χ4v) is 3.25. The first kappa shape index (κ1) is 21.8. The molecule has 0 radical (unpaired) electrons. The highest BCUT2D eigenvalue weighted by molar-refractivity contribution is 8.13. The molecule has 3 rings (SSSR count). The van der Waals surface area contributed by atoms with Crippen molar-refractivity contribution in [3.8, 4) is 5.75 Å². The Morgan fingerprint density at radius 3 is 2.63 bits per heavy atom. The van der Waals surface area contributed by atoms with Gasteiger partial charge in [-0.25, -0.2) is 8.78 Å². The second-order valence-corrected chi connectivity index (χ2v) is 7.60. The van der Waals surface area contributed by atoms with Crippen LogP contribution >= 0.6 is 23.4 Å². The van der Waals surface area contributed by atoms with Crippen LogP contribution in [0.15, 0.2) is 76.9 Å². The van der Waals surface area contributed by atoms with Crippen molar-refractivity contribution in [1.82, 2.24) is 0 Å². The van der Waals surface area contributed by atoms with Crippen molar-refractivity contribution in [3.63, 3.8) is 0 Å². The van der Waals surface area contributed by atoms with Gasteiger partial charge in [-0.3, -0.25) is 0 Å². The zero-order valence-electron chi connectivity index (χ0n) is 15.8. The molecule has 0 bridgehead atoms. The van der Waals surface area contributed by atoms with Gasteiger partial charge in [-0.05, 0) is 35.9 Å². The van der Waals surface area contributed by atoms with E-state index in [9.17, 15) is 8.78 Å². The first-order valence-electron chi connectivity index (χ1n) is 8.91. The Morgan fingerprint density at radius 2 is 1.87 bits per heavy atom. The molecule has 0 aromatic heterocycles. The molecule has 4 nitrogen and oxygen atoms in total. The highest BCUT2D eigenvalue weighted by Gasteiger charge is 2.08. The van der Waals surface area contributed by atoms with E-state index in [0.29, 0.717) is 27.3 Å². The molecule has 8 heteroatoms. The van der Waals surface area contributed by atoms with Gasteiger partial charge in [0.1, 0.15) is 24.0 Å². The van der Waals surface area contributed by atoms with E-state index in [1.54, 1.807) is 18.2 Å². The monoisotopic (exact) mass is 445 g/mol. The number of nitrogens with two attached hydrogens (primary N) is 1. The maximum atomic E-state index is 13.8. The molecule has 0 spiro atoms. The molecule has 0 saturated carbocycles. The predicted molar refractivity (Wildman–Crippen MR) is 119 cm³/mol. The molecule has 154 valence electrons. The predicted octanol–water partition coefficient (Wildman–Crippen LogP) is 5.78. The van der Waals surface area contributed by atoms with E-state index >= 15 is 0 Å². The van der Waals surface area contributed by atoms with Crippen molar-refractivity contribution in [2.45, 2.75) is 12.4 Å². The van der Waals surface area contributed by atoms with Gasteiger partial charge in [0.2, 0.25) is 0 Å². The van der Waals surface area contributed by atoms with E-state index < -0.39 is 11.6 Å². The molecule has 0 saturated heterocycles. The molecule has 2 N–H and O–H groups in total. The van der Waals surface area contributed by atoms with Crippen molar-refractivity contribution in [2.75, 3.05) is 0 Å². The van der Waals surface area contributed by atoms with Crippen molar-refractivity contribution in [3.05, 3.63) is 100 Å². The largest absolute Gasteiger partial charge is 0.488 e. The Kier molecular flexibility index (Phi) is 7.82. The first-order chi connectivity index (χ1) is 14.5. The SMILES string of the molecule is NC(=NN=Cc1cc(Cl)ccc1OCc1ccc(F)cc1F)SCc1ccccc1. The quantitative estimate of drug-likeness (QED) is 0.285. The highest BCUT2D eigenvalue weighted by Crippen LogP contribution is 2.23. The van der Waals surface area contributed by atoms with Crippen LogP contribution in [0.5, 0.6) is 5.75 Å². The average Bonchev–Trinajstić information content (AvgIpc) is 2.73. The van der Waals surface area contributed by atoms with E-state index in [0.717, 1.165) is 11.6 Å².